The molecular weight excluding hydrogens is 332 g/mol. The average molecular weight is 356 g/mol. The van der Waals surface area contributed by atoms with E-state index in [1.54, 1.807) is 0 Å². The van der Waals surface area contributed by atoms with Gasteiger partial charge in [-0.3, -0.25) is 9.59 Å². The number of anilines is 2. The van der Waals surface area contributed by atoms with Gasteiger partial charge in [0.25, 0.3) is 0 Å². The fourth-order valence-corrected chi connectivity index (χ4v) is 3.11. The first-order chi connectivity index (χ1) is 12.0. The van der Waals surface area contributed by atoms with Crippen molar-refractivity contribution in [2.24, 2.45) is 0 Å². The molecule has 4 nitrogen and oxygen atoms in total. The fourth-order valence-electron chi connectivity index (χ4n) is 2.42. The lowest BCUT2D eigenvalue weighted by Crippen LogP contribution is -2.25. The van der Waals surface area contributed by atoms with E-state index in [0.29, 0.717) is 0 Å². The molecule has 0 aliphatic heterocycles. The van der Waals surface area contributed by atoms with Gasteiger partial charge in [-0.2, -0.15) is 0 Å². The largest absolute Gasteiger partial charge is 0.325 e. The van der Waals surface area contributed by atoms with Crippen LogP contribution in [0, 0.1) is 6.92 Å². The van der Waals surface area contributed by atoms with Crippen molar-refractivity contribution < 1.29 is 9.59 Å². The highest BCUT2D eigenvalue weighted by molar-refractivity contribution is 8.01. The Bertz CT molecular complexity index is 732. The van der Waals surface area contributed by atoms with Crippen LogP contribution in [0.3, 0.4) is 0 Å². The predicted octanol–water partition coefficient (Wildman–Crippen LogP) is 4.26. The van der Waals surface area contributed by atoms with Crippen LogP contribution in [0.4, 0.5) is 11.4 Å². The van der Waals surface area contributed by atoms with Gasteiger partial charge < -0.3 is 10.6 Å². The Kier molecular flexibility index (Phi) is 7.07. The van der Waals surface area contributed by atoms with Crippen molar-refractivity contribution in [2.75, 3.05) is 16.4 Å². The minimum Gasteiger partial charge on any atom is -0.325 e. The van der Waals surface area contributed by atoms with Crippen molar-refractivity contribution in [2.45, 2.75) is 32.4 Å². The van der Waals surface area contributed by atoms with Crippen LogP contribution < -0.4 is 10.6 Å². The van der Waals surface area contributed by atoms with Crippen molar-refractivity contribution >= 4 is 35.0 Å². The second-order valence-electron chi connectivity index (χ2n) is 5.82. The number of aryl methyl sites for hydroxylation is 2. The molecule has 1 atom stereocenters. The quantitative estimate of drug-likeness (QED) is 0.779. The molecule has 2 amide bonds. The monoisotopic (exact) mass is 356 g/mol. The molecule has 0 bridgehead atoms. The Morgan fingerprint density at radius 2 is 1.76 bits per heavy atom. The maximum atomic E-state index is 12.4. The van der Waals surface area contributed by atoms with Gasteiger partial charge in [-0.05, 0) is 43.5 Å². The molecule has 0 saturated heterocycles. The molecule has 0 radical (unpaired) electrons. The summed E-state index contributed by atoms with van der Waals surface area (Å²) in [5, 5.41) is 5.52. The summed E-state index contributed by atoms with van der Waals surface area (Å²) in [6.45, 7) is 5.87. The van der Waals surface area contributed by atoms with Gasteiger partial charge in [0.1, 0.15) is 0 Å². The predicted molar refractivity (Wildman–Crippen MR) is 106 cm³/mol. The number of nitrogens with one attached hydrogen (secondary N) is 2. The molecule has 0 spiro atoms. The summed E-state index contributed by atoms with van der Waals surface area (Å²) in [5.41, 5.74) is 3.81. The van der Waals surface area contributed by atoms with E-state index < -0.39 is 0 Å². The van der Waals surface area contributed by atoms with Crippen LogP contribution in [0.2, 0.25) is 0 Å². The maximum absolute atomic E-state index is 12.4. The van der Waals surface area contributed by atoms with Crippen LogP contribution in [0.15, 0.2) is 48.5 Å². The van der Waals surface area contributed by atoms with Gasteiger partial charge in [-0.1, -0.05) is 43.3 Å². The SMILES string of the molecule is CCc1cccc(C)c1NC(=O)[C@H](C)SCC(=O)Nc1ccccc1. The van der Waals surface area contributed by atoms with Crippen LogP contribution in [0.5, 0.6) is 0 Å². The van der Waals surface area contributed by atoms with Crippen molar-refractivity contribution in [1.82, 2.24) is 0 Å². The maximum Gasteiger partial charge on any atom is 0.237 e. The van der Waals surface area contributed by atoms with Crippen molar-refractivity contribution in [3.05, 3.63) is 59.7 Å². The summed E-state index contributed by atoms with van der Waals surface area (Å²) in [5.74, 6) is 0.0419. The molecule has 0 aromatic heterocycles. The highest BCUT2D eigenvalue weighted by Gasteiger charge is 2.17. The van der Waals surface area contributed by atoms with Crippen LogP contribution in [-0.2, 0) is 16.0 Å². The molecule has 0 heterocycles. The van der Waals surface area contributed by atoms with Crippen LogP contribution in [0.25, 0.3) is 0 Å². The Balaban J connectivity index is 1.87. The summed E-state index contributed by atoms with van der Waals surface area (Å²) < 4.78 is 0. The first kappa shape index (κ1) is 19.1. The van der Waals surface area contributed by atoms with Gasteiger partial charge in [-0.15, -0.1) is 11.8 Å². The second-order valence-corrected chi connectivity index (χ2v) is 7.15. The van der Waals surface area contributed by atoms with E-state index in [0.717, 1.165) is 28.9 Å². The van der Waals surface area contributed by atoms with Gasteiger partial charge >= 0.3 is 0 Å². The van der Waals surface area contributed by atoms with Crippen LogP contribution in [0.1, 0.15) is 25.0 Å². The smallest absolute Gasteiger partial charge is 0.237 e. The van der Waals surface area contributed by atoms with Gasteiger partial charge in [0.15, 0.2) is 0 Å². The van der Waals surface area contributed by atoms with Crippen molar-refractivity contribution in [3.8, 4) is 0 Å². The Hall–Kier alpha value is -2.27. The van der Waals surface area contributed by atoms with Gasteiger partial charge in [0.2, 0.25) is 11.8 Å². The van der Waals surface area contributed by atoms with Gasteiger partial charge in [0.05, 0.1) is 11.0 Å². The molecule has 0 unspecified atom stereocenters. The molecule has 2 N–H and O–H groups in total. The van der Waals surface area contributed by atoms with E-state index in [9.17, 15) is 9.59 Å². The van der Waals surface area contributed by atoms with Crippen molar-refractivity contribution in [1.29, 1.82) is 0 Å². The highest BCUT2D eigenvalue weighted by Crippen LogP contribution is 2.22. The summed E-state index contributed by atoms with van der Waals surface area (Å²) in [6, 6.07) is 15.3. The molecule has 2 aromatic rings. The third-order valence-electron chi connectivity index (χ3n) is 3.88. The average Bonchev–Trinajstić information content (AvgIpc) is 2.62. The normalized spacial score (nSPS) is 11.6. The zero-order valence-corrected chi connectivity index (χ0v) is 15.7. The van der Waals surface area contributed by atoms with E-state index in [2.05, 4.69) is 17.6 Å². The summed E-state index contributed by atoms with van der Waals surface area (Å²) in [6.07, 6.45) is 0.859. The molecule has 0 saturated carbocycles. The lowest BCUT2D eigenvalue weighted by molar-refractivity contribution is -0.115. The minimum absolute atomic E-state index is 0.0819. The zero-order valence-electron chi connectivity index (χ0n) is 14.8. The summed E-state index contributed by atoms with van der Waals surface area (Å²) in [7, 11) is 0. The van der Waals surface area contributed by atoms with E-state index in [1.165, 1.54) is 11.8 Å². The van der Waals surface area contributed by atoms with E-state index >= 15 is 0 Å². The summed E-state index contributed by atoms with van der Waals surface area (Å²) in [4.78, 5) is 24.4. The molecule has 25 heavy (non-hydrogen) atoms. The summed E-state index contributed by atoms with van der Waals surface area (Å²) >= 11 is 1.33. The topological polar surface area (TPSA) is 58.2 Å². The number of hydrogen-bond acceptors (Lipinski definition) is 3. The lowest BCUT2D eigenvalue weighted by atomic mass is 10.1. The zero-order chi connectivity index (χ0) is 18.2. The van der Waals surface area contributed by atoms with Crippen LogP contribution in [-0.4, -0.2) is 22.8 Å². The number of carbonyl (C=O) groups is 2. The molecule has 132 valence electrons. The second kappa shape index (κ2) is 9.28. The lowest BCUT2D eigenvalue weighted by Gasteiger charge is -2.16. The molecule has 2 aromatic carbocycles. The molecule has 0 aliphatic rings. The Labute approximate surface area is 153 Å². The number of benzene rings is 2. The molecule has 2 rings (SSSR count). The Morgan fingerprint density at radius 3 is 2.44 bits per heavy atom. The molecule has 0 fully saturated rings. The first-order valence-electron chi connectivity index (χ1n) is 8.37. The molecule has 5 heteroatoms. The highest BCUT2D eigenvalue weighted by atomic mass is 32.2. The minimum atomic E-state index is -0.314. The Morgan fingerprint density at radius 1 is 1.04 bits per heavy atom. The van der Waals surface area contributed by atoms with E-state index in [-0.39, 0.29) is 22.8 Å². The van der Waals surface area contributed by atoms with Gasteiger partial charge in [0, 0.05) is 11.4 Å². The van der Waals surface area contributed by atoms with Gasteiger partial charge in [-0.25, -0.2) is 0 Å². The van der Waals surface area contributed by atoms with Crippen molar-refractivity contribution in [3.63, 3.8) is 0 Å². The number of hydrogen-bond donors (Lipinski definition) is 2. The number of rotatable bonds is 7. The number of amides is 2. The van der Waals surface area contributed by atoms with E-state index in [1.807, 2.05) is 62.4 Å². The number of thioether (sulfide) groups is 1. The van der Waals surface area contributed by atoms with Crippen LogP contribution >= 0.6 is 11.8 Å². The molecule has 0 aliphatic carbocycles. The number of carbonyl (C=O) groups excluding carboxylic acids is 2. The van der Waals surface area contributed by atoms with E-state index in [4.69, 9.17) is 0 Å². The third-order valence-corrected chi connectivity index (χ3v) is 5.02. The number of para-hydroxylation sites is 2. The third kappa shape index (κ3) is 5.64. The standard InChI is InChI=1S/C20H24N2O2S/c1-4-16-10-8-9-14(2)19(16)22-20(24)15(3)25-13-18(23)21-17-11-6-5-7-12-17/h5-12,15H,4,13H2,1-3H3,(H,21,23)(H,22,24)/t15-/m0/s1. The fraction of sp³-hybridized carbons (Fsp3) is 0.300. The first-order valence-corrected chi connectivity index (χ1v) is 9.42. The molecular formula is C20H24N2O2S.